The smallest absolute Gasteiger partial charge is 0.322 e. The maximum atomic E-state index is 13.7. The van der Waals surface area contributed by atoms with Gasteiger partial charge in [0.05, 0.1) is 35.4 Å². The number of benzene rings is 3. The van der Waals surface area contributed by atoms with Crippen molar-refractivity contribution in [2.24, 2.45) is 0 Å². The second-order valence-corrected chi connectivity index (χ2v) is 8.64. The van der Waals surface area contributed by atoms with E-state index < -0.39 is 6.04 Å². The van der Waals surface area contributed by atoms with Crippen LogP contribution in [0.2, 0.25) is 0 Å². The normalized spacial score (nSPS) is 11.8. The molecule has 1 unspecified atom stereocenters. The lowest BCUT2D eigenvalue weighted by Crippen LogP contribution is -2.39. The van der Waals surface area contributed by atoms with E-state index in [0.29, 0.717) is 33.9 Å². The second kappa shape index (κ2) is 9.92. The summed E-state index contributed by atoms with van der Waals surface area (Å²) in [6.07, 6.45) is 1.57. The summed E-state index contributed by atoms with van der Waals surface area (Å²) in [7, 11) is 0. The number of hydrogen-bond donors (Lipinski definition) is 1. The lowest BCUT2D eigenvalue weighted by molar-refractivity contribution is 0.179. The minimum Gasteiger partial charge on any atom is -0.467 e. The summed E-state index contributed by atoms with van der Waals surface area (Å²) in [4.78, 5) is 33.8. The first-order valence-corrected chi connectivity index (χ1v) is 11.7. The topological polar surface area (TPSA) is 80.4 Å². The molecule has 2 heterocycles. The summed E-state index contributed by atoms with van der Waals surface area (Å²) >= 11 is 0. The minimum absolute atomic E-state index is 0.187. The number of rotatable bonds is 6. The van der Waals surface area contributed by atoms with Gasteiger partial charge in [0.2, 0.25) is 0 Å². The highest BCUT2D eigenvalue weighted by molar-refractivity contribution is 5.89. The van der Waals surface area contributed by atoms with Gasteiger partial charge in [-0.3, -0.25) is 9.36 Å². The number of carbonyl (C=O) groups excluding carboxylic acids is 1. The molecule has 2 aromatic heterocycles. The van der Waals surface area contributed by atoms with E-state index in [0.717, 1.165) is 5.56 Å². The van der Waals surface area contributed by atoms with Crippen molar-refractivity contribution in [3.8, 4) is 5.69 Å². The molecule has 36 heavy (non-hydrogen) atoms. The van der Waals surface area contributed by atoms with Gasteiger partial charge in [-0.25, -0.2) is 9.78 Å². The molecule has 0 aliphatic heterocycles. The first-order chi connectivity index (χ1) is 17.5. The molecule has 5 rings (SSSR count). The summed E-state index contributed by atoms with van der Waals surface area (Å²) in [6, 6.07) is 26.9. The number of para-hydroxylation sites is 2. The molecule has 7 heteroatoms. The van der Waals surface area contributed by atoms with E-state index in [1.54, 1.807) is 27.9 Å². The van der Waals surface area contributed by atoms with Crippen LogP contribution in [-0.4, -0.2) is 20.5 Å². The van der Waals surface area contributed by atoms with Crippen molar-refractivity contribution in [2.75, 3.05) is 5.32 Å². The predicted molar refractivity (Wildman–Crippen MR) is 140 cm³/mol. The van der Waals surface area contributed by atoms with Crippen LogP contribution in [0.3, 0.4) is 0 Å². The molecule has 3 aromatic carbocycles. The Kier molecular flexibility index (Phi) is 6.36. The molecule has 0 aliphatic carbocycles. The van der Waals surface area contributed by atoms with Crippen molar-refractivity contribution in [1.29, 1.82) is 0 Å². The second-order valence-electron chi connectivity index (χ2n) is 8.64. The minimum atomic E-state index is -0.572. The molecule has 1 N–H and O–H groups in total. The molecular formula is C29H26N4O3. The number of fused-ring (bicyclic) bond motifs is 1. The van der Waals surface area contributed by atoms with Crippen LogP contribution in [0.1, 0.15) is 30.1 Å². The number of aryl methyl sites for hydroxylation is 1. The van der Waals surface area contributed by atoms with Crippen molar-refractivity contribution in [2.45, 2.75) is 26.4 Å². The van der Waals surface area contributed by atoms with Crippen LogP contribution in [0.25, 0.3) is 16.6 Å². The Bertz CT molecular complexity index is 1540. The number of carbonyl (C=O) groups is 1. The van der Waals surface area contributed by atoms with Gasteiger partial charge in [-0.2, -0.15) is 0 Å². The largest absolute Gasteiger partial charge is 0.467 e. The van der Waals surface area contributed by atoms with E-state index in [4.69, 9.17) is 9.40 Å². The van der Waals surface area contributed by atoms with Crippen molar-refractivity contribution >= 4 is 22.6 Å². The van der Waals surface area contributed by atoms with Crippen LogP contribution in [-0.2, 0) is 6.54 Å². The Morgan fingerprint density at radius 2 is 1.69 bits per heavy atom. The standard InChI is InChI=1S/C29H26N4O3/c1-20-14-16-23(17-15-20)33-27(31-26-13-7-6-12-25(26)28(33)34)21(2)32(19-24-11-8-18-36-24)29(35)30-22-9-4-3-5-10-22/h3-18,21H,19H2,1-2H3,(H,30,35). The molecule has 0 aliphatic rings. The highest BCUT2D eigenvalue weighted by Gasteiger charge is 2.28. The average Bonchev–Trinajstić information content (AvgIpc) is 3.41. The van der Waals surface area contributed by atoms with Gasteiger partial charge >= 0.3 is 6.03 Å². The van der Waals surface area contributed by atoms with Gasteiger partial charge in [-0.1, -0.05) is 48.0 Å². The first kappa shape index (κ1) is 23.1. The third-order valence-corrected chi connectivity index (χ3v) is 6.13. The van der Waals surface area contributed by atoms with Crippen molar-refractivity contribution in [1.82, 2.24) is 14.5 Å². The average molecular weight is 479 g/mol. The van der Waals surface area contributed by atoms with Crippen LogP contribution >= 0.6 is 0 Å². The quantitative estimate of drug-likeness (QED) is 0.321. The number of hydrogen-bond acceptors (Lipinski definition) is 4. The zero-order chi connectivity index (χ0) is 25.1. The van der Waals surface area contributed by atoms with Crippen molar-refractivity contribution < 1.29 is 9.21 Å². The molecule has 1 atom stereocenters. The van der Waals surface area contributed by atoms with E-state index in [1.165, 1.54) is 0 Å². The van der Waals surface area contributed by atoms with Crippen LogP contribution in [0.4, 0.5) is 10.5 Å². The molecule has 0 bridgehead atoms. The maximum absolute atomic E-state index is 13.7. The zero-order valence-corrected chi connectivity index (χ0v) is 20.1. The lowest BCUT2D eigenvalue weighted by Gasteiger charge is -2.30. The summed E-state index contributed by atoms with van der Waals surface area (Å²) < 4.78 is 7.16. The molecule has 0 saturated heterocycles. The van der Waals surface area contributed by atoms with E-state index in [2.05, 4.69) is 5.32 Å². The lowest BCUT2D eigenvalue weighted by atomic mass is 10.1. The summed E-state index contributed by atoms with van der Waals surface area (Å²) in [6.45, 7) is 4.06. The van der Waals surface area contributed by atoms with Gasteiger partial charge in [0.1, 0.15) is 11.6 Å². The van der Waals surface area contributed by atoms with Gasteiger partial charge in [-0.15, -0.1) is 0 Å². The first-order valence-electron chi connectivity index (χ1n) is 11.7. The summed E-state index contributed by atoms with van der Waals surface area (Å²) in [5.41, 5.74) is 2.83. The SMILES string of the molecule is Cc1ccc(-n2c(C(C)N(Cc3ccco3)C(=O)Nc3ccccc3)nc3ccccc3c2=O)cc1. The van der Waals surface area contributed by atoms with E-state index in [-0.39, 0.29) is 18.1 Å². The Labute approximate surface area is 208 Å². The fraction of sp³-hybridized carbons (Fsp3) is 0.138. The number of urea groups is 1. The Hall–Kier alpha value is -4.65. The van der Waals surface area contributed by atoms with Crippen molar-refractivity contribution in [3.63, 3.8) is 0 Å². The van der Waals surface area contributed by atoms with Gasteiger partial charge < -0.3 is 14.6 Å². The van der Waals surface area contributed by atoms with Gasteiger partial charge in [-0.05, 0) is 62.4 Å². The van der Waals surface area contributed by atoms with Gasteiger partial charge in [0.15, 0.2) is 0 Å². The van der Waals surface area contributed by atoms with Gasteiger partial charge in [0.25, 0.3) is 5.56 Å². The fourth-order valence-electron chi connectivity index (χ4n) is 4.18. The van der Waals surface area contributed by atoms with E-state index >= 15 is 0 Å². The summed E-state index contributed by atoms with van der Waals surface area (Å²) in [5, 5.41) is 3.47. The molecule has 2 amide bonds. The number of nitrogens with zero attached hydrogens (tertiary/aromatic N) is 3. The summed E-state index contributed by atoms with van der Waals surface area (Å²) in [5.74, 6) is 1.08. The van der Waals surface area contributed by atoms with Gasteiger partial charge in [0, 0.05) is 5.69 Å². The fourth-order valence-corrected chi connectivity index (χ4v) is 4.18. The molecule has 5 aromatic rings. The maximum Gasteiger partial charge on any atom is 0.322 e. The molecule has 0 spiro atoms. The monoisotopic (exact) mass is 478 g/mol. The molecular weight excluding hydrogens is 452 g/mol. The molecule has 180 valence electrons. The highest BCUT2D eigenvalue weighted by Crippen LogP contribution is 2.26. The number of furan rings is 1. The molecule has 0 radical (unpaired) electrons. The van der Waals surface area contributed by atoms with Crippen LogP contribution in [0, 0.1) is 6.92 Å². The molecule has 0 saturated carbocycles. The molecule has 7 nitrogen and oxygen atoms in total. The van der Waals surface area contributed by atoms with Crippen molar-refractivity contribution in [3.05, 3.63) is 125 Å². The number of aromatic nitrogens is 2. The van der Waals surface area contributed by atoms with Crippen LogP contribution in [0.15, 0.2) is 106 Å². The Balaban J connectivity index is 1.64. The van der Waals surface area contributed by atoms with Crippen LogP contribution in [0.5, 0.6) is 0 Å². The van der Waals surface area contributed by atoms with E-state index in [9.17, 15) is 9.59 Å². The molecule has 0 fully saturated rings. The Morgan fingerprint density at radius 3 is 2.42 bits per heavy atom. The van der Waals surface area contributed by atoms with Crippen LogP contribution < -0.4 is 10.9 Å². The zero-order valence-electron chi connectivity index (χ0n) is 20.1. The number of amides is 2. The number of nitrogens with one attached hydrogen (secondary N) is 1. The Morgan fingerprint density at radius 1 is 0.972 bits per heavy atom. The highest BCUT2D eigenvalue weighted by atomic mass is 16.3. The third-order valence-electron chi connectivity index (χ3n) is 6.13. The number of anilines is 1. The predicted octanol–water partition coefficient (Wildman–Crippen LogP) is 6.08. The van der Waals surface area contributed by atoms with E-state index in [1.807, 2.05) is 92.7 Å². The third kappa shape index (κ3) is 4.63.